The quantitative estimate of drug-likeness (QED) is 0.620. The first-order chi connectivity index (χ1) is 13.0. The van der Waals surface area contributed by atoms with E-state index < -0.39 is 15.4 Å². The molecule has 144 valence electrons. The van der Waals surface area contributed by atoms with Gasteiger partial charge in [-0.25, -0.2) is 8.42 Å². The highest BCUT2D eigenvalue weighted by Crippen LogP contribution is 2.40. The van der Waals surface area contributed by atoms with Crippen molar-refractivity contribution < 1.29 is 23.1 Å². The van der Waals surface area contributed by atoms with Gasteiger partial charge < -0.3 is 14.7 Å². The molecule has 0 amide bonds. The van der Waals surface area contributed by atoms with Crippen molar-refractivity contribution in [3.63, 3.8) is 0 Å². The summed E-state index contributed by atoms with van der Waals surface area (Å²) in [6, 6.07) is 6.75. The van der Waals surface area contributed by atoms with Gasteiger partial charge in [0.05, 0.1) is 16.2 Å². The Morgan fingerprint density at radius 2 is 2.00 bits per heavy atom. The number of nitrogens with zero attached hydrogens (tertiary/aromatic N) is 1. The monoisotopic (exact) mass is 407 g/mol. The van der Waals surface area contributed by atoms with E-state index >= 15 is 0 Å². The number of thiophene rings is 1. The van der Waals surface area contributed by atoms with Crippen molar-refractivity contribution in [1.82, 2.24) is 0 Å². The maximum atomic E-state index is 13.1. The van der Waals surface area contributed by atoms with Crippen LogP contribution >= 0.6 is 11.3 Å². The van der Waals surface area contributed by atoms with E-state index in [1.54, 1.807) is 31.4 Å². The fourth-order valence-electron chi connectivity index (χ4n) is 3.84. The molecule has 1 aromatic carbocycles. The fraction of sp³-hybridized carbons (Fsp3) is 0.421. The van der Waals surface area contributed by atoms with Crippen LogP contribution in [0.4, 0.5) is 0 Å². The van der Waals surface area contributed by atoms with E-state index in [0.29, 0.717) is 48.8 Å². The van der Waals surface area contributed by atoms with E-state index in [4.69, 9.17) is 14.7 Å². The first kappa shape index (κ1) is 18.6. The van der Waals surface area contributed by atoms with Crippen molar-refractivity contribution in [3.05, 3.63) is 46.3 Å². The van der Waals surface area contributed by atoms with Crippen molar-refractivity contribution in [2.75, 3.05) is 20.3 Å². The Morgan fingerprint density at radius 3 is 2.70 bits per heavy atom. The first-order valence-corrected chi connectivity index (χ1v) is 11.2. The van der Waals surface area contributed by atoms with Gasteiger partial charge in [0.15, 0.2) is 0 Å². The zero-order valence-corrected chi connectivity index (χ0v) is 16.6. The number of benzene rings is 1. The summed E-state index contributed by atoms with van der Waals surface area (Å²) in [5.41, 5.74) is 2.75. The van der Waals surface area contributed by atoms with Gasteiger partial charge in [-0.2, -0.15) is 0 Å². The molecule has 27 heavy (non-hydrogen) atoms. The van der Waals surface area contributed by atoms with Crippen molar-refractivity contribution in [1.29, 1.82) is 0 Å². The predicted octanol–water partition coefficient (Wildman–Crippen LogP) is 3.36. The second-order valence-electron chi connectivity index (χ2n) is 6.83. The van der Waals surface area contributed by atoms with Crippen molar-refractivity contribution in [3.8, 4) is 0 Å². The summed E-state index contributed by atoms with van der Waals surface area (Å²) < 4.78 is 37.8. The average Bonchev–Trinajstić information content (AvgIpc) is 3.35. The van der Waals surface area contributed by atoms with E-state index in [1.807, 2.05) is 5.38 Å². The summed E-state index contributed by atoms with van der Waals surface area (Å²) in [7, 11) is -1.94. The van der Waals surface area contributed by atoms with Crippen LogP contribution in [-0.2, 0) is 31.3 Å². The summed E-state index contributed by atoms with van der Waals surface area (Å²) in [5, 5.41) is 14.2. The normalized spacial score (nSPS) is 20.7. The van der Waals surface area contributed by atoms with E-state index in [1.165, 1.54) is 11.3 Å². The number of hydrogen-bond acceptors (Lipinski definition) is 7. The Kier molecular flexibility index (Phi) is 4.84. The van der Waals surface area contributed by atoms with Gasteiger partial charge in [0.25, 0.3) is 0 Å². The average molecular weight is 408 g/mol. The molecule has 1 aromatic heterocycles. The highest BCUT2D eigenvalue weighted by molar-refractivity contribution is 7.93. The molecular formula is C19H21NO5S2. The maximum Gasteiger partial charge on any atom is 0.215 e. The molecule has 0 spiro atoms. The Balaban J connectivity index is 1.69. The van der Waals surface area contributed by atoms with Gasteiger partial charge in [0.2, 0.25) is 9.84 Å². The third-order valence-electron chi connectivity index (χ3n) is 5.51. The molecule has 4 rings (SSSR count). The van der Waals surface area contributed by atoms with E-state index in [0.717, 1.165) is 16.7 Å². The van der Waals surface area contributed by atoms with Crippen molar-refractivity contribution >= 4 is 26.9 Å². The number of methoxy groups -OCH3 is 1. The lowest BCUT2D eigenvalue weighted by atomic mass is 9.88. The van der Waals surface area contributed by atoms with E-state index in [9.17, 15) is 8.42 Å². The predicted molar refractivity (Wildman–Crippen MR) is 102 cm³/mol. The van der Waals surface area contributed by atoms with Crippen LogP contribution in [0.3, 0.4) is 0 Å². The highest BCUT2D eigenvalue weighted by Gasteiger charge is 2.36. The minimum Gasteiger partial charge on any atom is -0.411 e. The summed E-state index contributed by atoms with van der Waals surface area (Å²) in [6.07, 6.45) is 2.72. The third kappa shape index (κ3) is 3.10. The molecule has 1 aliphatic carbocycles. The number of sulfone groups is 1. The van der Waals surface area contributed by atoms with Crippen molar-refractivity contribution in [2.24, 2.45) is 5.16 Å². The molecular weight excluding hydrogens is 386 g/mol. The van der Waals surface area contributed by atoms with Gasteiger partial charge in [-0.15, -0.1) is 11.3 Å². The number of hydrogen-bond donors (Lipinski definition) is 1. The van der Waals surface area contributed by atoms with Gasteiger partial charge in [-0.3, -0.25) is 0 Å². The molecule has 1 saturated heterocycles. The van der Waals surface area contributed by atoms with Crippen LogP contribution < -0.4 is 0 Å². The maximum absolute atomic E-state index is 13.1. The van der Waals surface area contributed by atoms with E-state index in [2.05, 4.69) is 5.16 Å². The van der Waals surface area contributed by atoms with Crippen molar-refractivity contribution in [2.45, 2.75) is 40.4 Å². The Hall–Kier alpha value is -1.74. The molecule has 6 nitrogen and oxygen atoms in total. The van der Waals surface area contributed by atoms with Gasteiger partial charge in [-0.1, -0.05) is 11.2 Å². The van der Waals surface area contributed by atoms with Crippen LogP contribution in [0.5, 0.6) is 0 Å². The first-order valence-electron chi connectivity index (χ1n) is 8.81. The molecule has 0 atom stereocenters. The molecule has 0 unspecified atom stereocenters. The number of rotatable bonds is 4. The smallest absolute Gasteiger partial charge is 0.215 e. The molecule has 0 radical (unpaired) electrons. The zero-order chi connectivity index (χ0) is 19.1. The second-order valence-corrected chi connectivity index (χ2v) is 9.92. The molecule has 1 fully saturated rings. The molecule has 0 bridgehead atoms. The van der Waals surface area contributed by atoms with Crippen LogP contribution in [0.15, 0.2) is 43.9 Å². The van der Waals surface area contributed by atoms with Crippen LogP contribution in [0.1, 0.15) is 36.0 Å². The summed E-state index contributed by atoms with van der Waals surface area (Å²) in [5.74, 6) is 0. The Labute approximate surface area is 162 Å². The summed E-state index contributed by atoms with van der Waals surface area (Å²) in [4.78, 5) is 0.271. The molecule has 2 aromatic rings. The fourth-order valence-corrected chi connectivity index (χ4v) is 6.56. The minimum atomic E-state index is -3.61. The Morgan fingerprint density at radius 1 is 1.22 bits per heavy atom. The van der Waals surface area contributed by atoms with Gasteiger partial charge in [0.1, 0.15) is 4.21 Å². The number of fused-ring (bicyclic) bond motifs is 1. The van der Waals surface area contributed by atoms with Crippen LogP contribution in [0.2, 0.25) is 0 Å². The van der Waals surface area contributed by atoms with Gasteiger partial charge in [0, 0.05) is 38.7 Å². The van der Waals surface area contributed by atoms with Crippen LogP contribution in [-0.4, -0.2) is 39.7 Å². The van der Waals surface area contributed by atoms with E-state index in [-0.39, 0.29) is 4.90 Å². The molecule has 1 N–H and O–H groups in total. The molecule has 0 saturated carbocycles. The molecule has 8 heteroatoms. The number of ether oxygens (including phenoxy) is 2. The SMILES string of the molecule is COC1(c2csc(S(=O)(=O)c3ccc4c(c3)CC/C4=N\O)c2)CCOCC1. The van der Waals surface area contributed by atoms with Crippen LogP contribution in [0.25, 0.3) is 0 Å². The standard InChI is InChI=1S/C19H21NO5S2/c1-24-19(6-8-25-9-7-19)14-11-18(26-12-14)27(22,23)15-3-4-16-13(10-15)2-5-17(16)20-21/h3-4,10-12,21H,2,5-9H2,1H3/b20-17+. The lowest BCUT2D eigenvalue weighted by Gasteiger charge is -2.35. The number of aryl methyl sites for hydroxylation is 1. The highest BCUT2D eigenvalue weighted by atomic mass is 32.2. The van der Waals surface area contributed by atoms with Gasteiger partial charge >= 0.3 is 0 Å². The lowest BCUT2D eigenvalue weighted by molar-refractivity contribution is -0.0946. The lowest BCUT2D eigenvalue weighted by Crippen LogP contribution is -2.35. The second kappa shape index (κ2) is 7.01. The zero-order valence-electron chi connectivity index (χ0n) is 15.0. The summed E-state index contributed by atoms with van der Waals surface area (Å²) in [6.45, 7) is 1.21. The minimum absolute atomic E-state index is 0.271. The molecule has 1 aliphatic heterocycles. The molecule has 2 aliphatic rings. The Bertz CT molecular complexity index is 987. The topological polar surface area (TPSA) is 85.2 Å². The number of oxime groups is 1. The largest absolute Gasteiger partial charge is 0.411 e. The summed E-state index contributed by atoms with van der Waals surface area (Å²) >= 11 is 1.22. The molecule has 2 heterocycles. The van der Waals surface area contributed by atoms with Crippen LogP contribution in [0, 0.1) is 0 Å². The van der Waals surface area contributed by atoms with Gasteiger partial charge in [-0.05, 0) is 47.5 Å². The third-order valence-corrected chi connectivity index (χ3v) is 8.70.